The fraction of sp³-hybridized carbons (Fsp3) is 0.429. The van der Waals surface area contributed by atoms with Crippen LogP contribution in [0.1, 0.15) is 25.3 Å². The van der Waals surface area contributed by atoms with E-state index in [1.807, 2.05) is 17.9 Å². The number of hydrogen-bond acceptors (Lipinski definition) is 5. The van der Waals surface area contributed by atoms with Crippen molar-refractivity contribution in [2.45, 2.75) is 19.8 Å². The molecule has 0 amide bonds. The third kappa shape index (κ3) is 2.52. The number of nitrogens with zero attached hydrogens (tertiary/aromatic N) is 3. The highest BCUT2D eigenvalue weighted by Gasteiger charge is 2.43. The lowest BCUT2D eigenvalue weighted by Crippen LogP contribution is -2.34. The summed E-state index contributed by atoms with van der Waals surface area (Å²) in [5, 5.41) is 29.2. The molecule has 0 saturated carbocycles. The summed E-state index contributed by atoms with van der Waals surface area (Å²) >= 11 is 0. The molecule has 7 nitrogen and oxygen atoms in total. The van der Waals surface area contributed by atoms with E-state index >= 15 is 0 Å². The third-order valence-electron chi connectivity index (χ3n) is 4.15. The average molecular weight is 289 g/mol. The van der Waals surface area contributed by atoms with Crippen LogP contribution in [0.15, 0.2) is 18.2 Å². The van der Waals surface area contributed by atoms with Crippen LogP contribution in [0.2, 0.25) is 0 Å². The van der Waals surface area contributed by atoms with Gasteiger partial charge in [0.05, 0.1) is 10.3 Å². The van der Waals surface area contributed by atoms with Gasteiger partial charge < -0.3 is 10.0 Å². The summed E-state index contributed by atoms with van der Waals surface area (Å²) in [6.07, 6.45) is 1.05. The van der Waals surface area contributed by atoms with Crippen molar-refractivity contribution in [3.8, 4) is 6.07 Å². The van der Waals surface area contributed by atoms with Crippen LogP contribution < -0.4 is 4.90 Å². The van der Waals surface area contributed by atoms with Crippen LogP contribution in [0.5, 0.6) is 0 Å². The maximum atomic E-state index is 11.4. The summed E-state index contributed by atoms with van der Waals surface area (Å²) in [5.41, 5.74) is -0.384. The fourth-order valence-electron chi connectivity index (χ4n) is 2.68. The number of carboxylic acid groups (broad SMARTS) is 1. The summed E-state index contributed by atoms with van der Waals surface area (Å²) in [7, 11) is 0. The van der Waals surface area contributed by atoms with Gasteiger partial charge in [-0.25, -0.2) is 0 Å². The molecule has 0 radical (unpaired) electrons. The Labute approximate surface area is 121 Å². The molecule has 1 heterocycles. The van der Waals surface area contributed by atoms with Gasteiger partial charge in [-0.1, -0.05) is 6.92 Å². The molecule has 1 aliphatic heterocycles. The molecule has 1 aromatic rings. The quantitative estimate of drug-likeness (QED) is 0.672. The molecule has 0 spiro atoms. The van der Waals surface area contributed by atoms with Crippen molar-refractivity contribution in [2.75, 3.05) is 18.0 Å². The van der Waals surface area contributed by atoms with E-state index in [1.54, 1.807) is 6.07 Å². The Morgan fingerprint density at radius 1 is 1.62 bits per heavy atom. The highest BCUT2D eigenvalue weighted by Crippen LogP contribution is 2.37. The minimum absolute atomic E-state index is 0.0122. The van der Waals surface area contributed by atoms with Crippen LogP contribution in [0.25, 0.3) is 0 Å². The molecule has 1 N–H and O–H groups in total. The summed E-state index contributed by atoms with van der Waals surface area (Å²) in [6.45, 7) is 2.75. The number of carbonyl (C=O) groups is 1. The number of nitro groups is 1. The minimum atomic E-state index is -0.824. The molecule has 0 bridgehead atoms. The van der Waals surface area contributed by atoms with Gasteiger partial charge in [0.2, 0.25) is 0 Å². The van der Waals surface area contributed by atoms with Gasteiger partial charge in [0.15, 0.2) is 0 Å². The van der Waals surface area contributed by atoms with Crippen molar-refractivity contribution in [3.05, 3.63) is 33.9 Å². The van der Waals surface area contributed by atoms with Crippen molar-refractivity contribution < 1.29 is 14.8 Å². The van der Waals surface area contributed by atoms with Gasteiger partial charge in [0.1, 0.15) is 11.6 Å². The van der Waals surface area contributed by atoms with Gasteiger partial charge in [-0.05, 0) is 25.0 Å². The summed E-state index contributed by atoms with van der Waals surface area (Å²) in [4.78, 5) is 23.5. The average Bonchev–Trinajstić information content (AvgIpc) is 2.92. The Hall–Kier alpha value is -2.62. The number of hydrogen-bond donors (Lipinski definition) is 1. The number of carboxylic acids is 1. The van der Waals surface area contributed by atoms with E-state index in [9.17, 15) is 20.0 Å². The Morgan fingerprint density at radius 2 is 2.33 bits per heavy atom. The normalized spacial score (nSPS) is 21.0. The molecule has 1 aromatic carbocycles. The van der Waals surface area contributed by atoms with Crippen LogP contribution in [0, 0.1) is 26.9 Å². The smallest absolute Gasteiger partial charge is 0.311 e. The largest absolute Gasteiger partial charge is 0.481 e. The third-order valence-corrected chi connectivity index (χ3v) is 4.15. The standard InChI is InChI=1S/C14H15N3O4/c1-2-14(13(18)19)5-6-16(9-14)11-3-4-12(17(20)21)10(7-11)8-15/h3-4,7H,2,5-6,9H2,1H3,(H,18,19). The highest BCUT2D eigenvalue weighted by molar-refractivity contribution is 5.77. The van der Waals surface area contributed by atoms with E-state index in [0.717, 1.165) is 0 Å². The Bertz CT molecular complexity index is 638. The van der Waals surface area contributed by atoms with Gasteiger partial charge in [-0.15, -0.1) is 0 Å². The van der Waals surface area contributed by atoms with Crippen molar-refractivity contribution >= 4 is 17.3 Å². The van der Waals surface area contributed by atoms with Crippen LogP contribution in [0.3, 0.4) is 0 Å². The first-order valence-corrected chi connectivity index (χ1v) is 6.60. The van der Waals surface area contributed by atoms with Crippen LogP contribution in [-0.2, 0) is 4.79 Å². The zero-order chi connectivity index (χ0) is 15.6. The SMILES string of the molecule is CCC1(C(=O)O)CCN(c2ccc([N+](=O)[O-])c(C#N)c2)C1. The van der Waals surface area contributed by atoms with Gasteiger partial charge in [-0.3, -0.25) is 14.9 Å². The molecule has 0 aromatic heterocycles. The Balaban J connectivity index is 2.31. The lowest BCUT2D eigenvalue weighted by molar-refractivity contribution is -0.385. The molecule has 1 atom stereocenters. The molecule has 110 valence electrons. The lowest BCUT2D eigenvalue weighted by atomic mass is 9.84. The van der Waals surface area contributed by atoms with Crippen LogP contribution in [0.4, 0.5) is 11.4 Å². The second-order valence-electron chi connectivity index (χ2n) is 5.18. The molecular weight excluding hydrogens is 274 g/mol. The molecule has 21 heavy (non-hydrogen) atoms. The summed E-state index contributed by atoms with van der Waals surface area (Å²) < 4.78 is 0. The zero-order valence-corrected chi connectivity index (χ0v) is 11.6. The van der Waals surface area contributed by atoms with Crippen LogP contribution in [-0.4, -0.2) is 29.1 Å². The van der Waals surface area contributed by atoms with E-state index < -0.39 is 16.3 Å². The number of aliphatic carboxylic acids is 1. The second-order valence-corrected chi connectivity index (χ2v) is 5.18. The lowest BCUT2D eigenvalue weighted by Gasteiger charge is -2.24. The number of nitriles is 1. The maximum absolute atomic E-state index is 11.4. The second kappa shape index (κ2) is 5.40. The van der Waals surface area contributed by atoms with Gasteiger partial charge in [0, 0.05) is 24.8 Å². The Kier molecular flexibility index (Phi) is 3.80. The molecule has 1 aliphatic rings. The van der Waals surface area contributed by atoms with Gasteiger partial charge in [0.25, 0.3) is 5.69 Å². The molecule has 2 rings (SSSR count). The van der Waals surface area contributed by atoms with Gasteiger partial charge >= 0.3 is 5.97 Å². The van der Waals surface area contributed by atoms with E-state index in [0.29, 0.717) is 31.6 Å². The van der Waals surface area contributed by atoms with E-state index in [-0.39, 0.29) is 11.3 Å². The van der Waals surface area contributed by atoms with Crippen molar-refractivity contribution in [1.82, 2.24) is 0 Å². The molecule has 1 saturated heterocycles. The van der Waals surface area contributed by atoms with E-state index in [1.165, 1.54) is 12.1 Å². The molecule has 1 fully saturated rings. The first kappa shape index (κ1) is 14.8. The molecule has 0 aliphatic carbocycles. The van der Waals surface area contributed by atoms with E-state index in [4.69, 9.17) is 5.26 Å². The number of rotatable bonds is 4. The fourth-order valence-corrected chi connectivity index (χ4v) is 2.68. The van der Waals surface area contributed by atoms with Gasteiger partial charge in [-0.2, -0.15) is 5.26 Å². The summed E-state index contributed by atoms with van der Waals surface area (Å²) in [5.74, 6) is -0.824. The van der Waals surface area contributed by atoms with E-state index in [2.05, 4.69) is 0 Å². The first-order chi connectivity index (χ1) is 9.93. The highest BCUT2D eigenvalue weighted by atomic mass is 16.6. The molecule has 1 unspecified atom stereocenters. The maximum Gasteiger partial charge on any atom is 0.311 e. The molecule has 7 heteroatoms. The van der Waals surface area contributed by atoms with Crippen molar-refractivity contribution in [1.29, 1.82) is 5.26 Å². The molecular formula is C14H15N3O4. The van der Waals surface area contributed by atoms with Crippen LogP contribution >= 0.6 is 0 Å². The zero-order valence-electron chi connectivity index (χ0n) is 11.6. The minimum Gasteiger partial charge on any atom is -0.481 e. The monoisotopic (exact) mass is 289 g/mol. The van der Waals surface area contributed by atoms with Crippen molar-refractivity contribution in [3.63, 3.8) is 0 Å². The number of anilines is 1. The number of nitro benzene ring substituents is 1. The first-order valence-electron chi connectivity index (χ1n) is 6.60. The Morgan fingerprint density at radius 3 is 2.81 bits per heavy atom. The van der Waals surface area contributed by atoms with Crippen molar-refractivity contribution in [2.24, 2.45) is 5.41 Å². The summed E-state index contributed by atoms with van der Waals surface area (Å²) in [6, 6.07) is 6.12. The predicted molar refractivity (Wildman–Crippen MR) is 75.0 cm³/mol. The topological polar surface area (TPSA) is 107 Å². The number of benzene rings is 1. The predicted octanol–water partition coefficient (Wildman–Crippen LogP) is 2.16.